The second-order valence-corrected chi connectivity index (χ2v) is 5.64. The minimum absolute atomic E-state index is 0. The van der Waals surface area contributed by atoms with Crippen molar-refractivity contribution in [3.63, 3.8) is 0 Å². The van der Waals surface area contributed by atoms with Crippen molar-refractivity contribution >= 4 is 107 Å². The largest absolute Gasteiger partial charge is 0 e. The van der Waals surface area contributed by atoms with Gasteiger partial charge in [-0.2, -0.15) is 0 Å². The van der Waals surface area contributed by atoms with Gasteiger partial charge in [-0.3, -0.25) is 0 Å². The van der Waals surface area contributed by atoms with Gasteiger partial charge in [0.05, 0.1) is 0 Å². The van der Waals surface area contributed by atoms with E-state index in [2.05, 4.69) is 0 Å². The second kappa shape index (κ2) is 9.75. The Morgan fingerprint density at radius 2 is 1.25 bits per heavy atom. The summed E-state index contributed by atoms with van der Waals surface area (Å²) < 4.78 is 0. The molecule has 4 heteroatoms. The van der Waals surface area contributed by atoms with E-state index < -0.39 is 21.8 Å². The zero-order valence-electron chi connectivity index (χ0n) is 2.26. The normalized spacial score (nSPS) is 4.50. The maximum Gasteiger partial charge on any atom is 0 e. The summed E-state index contributed by atoms with van der Waals surface area (Å²) in [5, 5.41) is 0. The zero-order valence-corrected chi connectivity index (χ0v) is 13.9. The fourth-order valence-corrected chi connectivity index (χ4v) is 0. The topological polar surface area (TPSA) is 0 Å². The Bertz CT molecular complexity index is 6.00. The molecule has 0 aromatic heterocycles. The van der Waals surface area contributed by atoms with Crippen LogP contribution in [0, 0.1) is 0 Å². The summed E-state index contributed by atoms with van der Waals surface area (Å²) in [7, 11) is 9.92. The molecular weight excluding hydrogens is 411 g/mol. The van der Waals surface area contributed by atoms with E-state index in [0.29, 0.717) is 0 Å². The van der Waals surface area contributed by atoms with Crippen molar-refractivity contribution in [1.82, 2.24) is 0 Å². The van der Waals surface area contributed by atoms with E-state index in [1.54, 1.807) is 0 Å². The SMILES string of the molecule is [Cl][Pb][Cl].[Cs]. The Kier molecular flexibility index (Phi) is 25.6. The van der Waals surface area contributed by atoms with Gasteiger partial charge in [0.2, 0.25) is 0 Å². The van der Waals surface area contributed by atoms with Crippen LogP contribution in [0.2, 0.25) is 0 Å². The van der Waals surface area contributed by atoms with Crippen molar-refractivity contribution < 1.29 is 0 Å². The van der Waals surface area contributed by atoms with E-state index in [9.17, 15) is 0 Å². The molecule has 0 aliphatic heterocycles. The van der Waals surface area contributed by atoms with Crippen LogP contribution in [0.3, 0.4) is 0 Å². The van der Waals surface area contributed by atoms with Crippen molar-refractivity contribution in [2.45, 2.75) is 0 Å². The molecule has 0 saturated carbocycles. The Morgan fingerprint density at radius 1 is 1.25 bits per heavy atom. The molecule has 0 spiro atoms. The van der Waals surface area contributed by atoms with Crippen LogP contribution in [-0.2, 0) is 0 Å². The minimum atomic E-state index is -0.972. The monoisotopic (exact) mass is 411 g/mol. The maximum absolute atomic E-state index is 4.96. The van der Waals surface area contributed by atoms with Gasteiger partial charge in [-0.15, -0.1) is 0 Å². The molecule has 0 aliphatic rings. The van der Waals surface area contributed by atoms with Crippen molar-refractivity contribution in [3.8, 4) is 0 Å². The van der Waals surface area contributed by atoms with E-state index in [0.717, 1.165) is 0 Å². The van der Waals surface area contributed by atoms with E-state index >= 15 is 0 Å². The average molecular weight is 411 g/mol. The molecule has 0 aromatic rings. The summed E-state index contributed by atoms with van der Waals surface area (Å²) in [6, 6.07) is 0. The molecule has 0 fully saturated rings. The molecule has 0 aromatic carbocycles. The zero-order chi connectivity index (χ0) is 2.71. The third kappa shape index (κ3) is 9.12. The number of hydrogen-bond donors (Lipinski definition) is 0. The van der Waals surface area contributed by atoms with Crippen LogP contribution >= 0.6 is 16.6 Å². The van der Waals surface area contributed by atoms with E-state index in [-0.39, 0.29) is 68.9 Å². The predicted molar refractivity (Wildman–Crippen MR) is 23.2 cm³/mol. The fourth-order valence-electron chi connectivity index (χ4n) is 0. The van der Waals surface area contributed by atoms with Crippen molar-refractivity contribution in [2.24, 2.45) is 0 Å². The van der Waals surface area contributed by atoms with Crippen LogP contribution in [0.15, 0.2) is 0 Å². The molecule has 0 saturated heterocycles. The molecule has 4 heavy (non-hydrogen) atoms. The van der Waals surface area contributed by atoms with Crippen LogP contribution < -0.4 is 0 Å². The third-order valence-electron chi connectivity index (χ3n) is 0. The molecule has 3 radical (unpaired) electrons. The first kappa shape index (κ1) is 10.5. The van der Waals surface area contributed by atoms with Crippen LogP contribution in [0.25, 0.3) is 0 Å². The molecule has 0 rings (SSSR count). The van der Waals surface area contributed by atoms with E-state index in [1.807, 2.05) is 0 Å². The van der Waals surface area contributed by atoms with Crippen molar-refractivity contribution in [2.75, 3.05) is 0 Å². The van der Waals surface area contributed by atoms with Gasteiger partial charge < -0.3 is 0 Å². The fraction of sp³-hybridized carbons (Fsp3) is 0. The van der Waals surface area contributed by atoms with Gasteiger partial charge in [-0.1, -0.05) is 0 Å². The standard InChI is InChI=1S/2ClH.Cs.Pb/h2*1H;;/q;;;+2/p-2. The van der Waals surface area contributed by atoms with Crippen LogP contribution in [0.5, 0.6) is 0 Å². The maximum atomic E-state index is 4.96. The van der Waals surface area contributed by atoms with Crippen LogP contribution in [0.1, 0.15) is 0 Å². The first-order valence-electron chi connectivity index (χ1n) is 0.378. The number of halogens is 2. The summed E-state index contributed by atoms with van der Waals surface area (Å²) in [4.78, 5) is 0. The van der Waals surface area contributed by atoms with Crippen molar-refractivity contribution in [3.05, 3.63) is 0 Å². The Hall–Kier alpha value is 3.55. The number of hydrogen-bond acceptors (Lipinski definition) is 0. The molecule has 0 N–H and O–H groups in total. The number of rotatable bonds is 0. The molecular formula is Cl2CsPb. The first-order valence-corrected chi connectivity index (χ1v) is 9.95. The minimum Gasteiger partial charge on any atom is 0 e. The Morgan fingerprint density at radius 3 is 1.25 bits per heavy atom. The first-order chi connectivity index (χ1) is 1.41. The van der Waals surface area contributed by atoms with Gasteiger partial charge in [-0.25, -0.2) is 0 Å². The molecule has 0 aliphatic carbocycles. The van der Waals surface area contributed by atoms with Gasteiger partial charge in [-0.05, 0) is 0 Å². The summed E-state index contributed by atoms with van der Waals surface area (Å²) >= 11 is -0.972. The van der Waals surface area contributed by atoms with E-state index in [1.165, 1.54) is 0 Å². The molecule has 0 unspecified atom stereocenters. The van der Waals surface area contributed by atoms with Gasteiger partial charge in [0.25, 0.3) is 0 Å². The third-order valence-corrected chi connectivity index (χ3v) is 0. The molecule has 0 heterocycles. The molecule has 0 nitrogen and oxygen atoms in total. The Labute approximate surface area is 104 Å². The average Bonchev–Trinajstić information content (AvgIpc) is 0.918. The van der Waals surface area contributed by atoms with E-state index in [4.69, 9.17) is 16.6 Å². The Balaban J connectivity index is 0. The predicted octanol–water partition coefficient (Wildman–Crippen LogP) is 0.617. The molecule has 0 atom stereocenters. The van der Waals surface area contributed by atoms with Gasteiger partial charge in [0.15, 0.2) is 0 Å². The van der Waals surface area contributed by atoms with Gasteiger partial charge >= 0.3 is 38.4 Å². The summed E-state index contributed by atoms with van der Waals surface area (Å²) in [5.41, 5.74) is 0. The van der Waals surface area contributed by atoms with Crippen LogP contribution in [0.4, 0.5) is 0 Å². The summed E-state index contributed by atoms with van der Waals surface area (Å²) in [5.74, 6) is 0. The van der Waals surface area contributed by atoms with Gasteiger partial charge in [0.1, 0.15) is 0 Å². The van der Waals surface area contributed by atoms with Crippen molar-refractivity contribution in [1.29, 1.82) is 0 Å². The second-order valence-electron chi connectivity index (χ2n) is 0.0714. The molecule has 0 amide bonds. The quantitative estimate of drug-likeness (QED) is 0.513. The van der Waals surface area contributed by atoms with Crippen LogP contribution in [-0.4, -0.2) is 90.7 Å². The summed E-state index contributed by atoms with van der Waals surface area (Å²) in [6.07, 6.45) is 0. The molecule has 0 bridgehead atoms. The summed E-state index contributed by atoms with van der Waals surface area (Å²) in [6.45, 7) is 0. The molecule has 19 valence electrons. The van der Waals surface area contributed by atoms with Gasteiger partial charge in [0, 0.05) is 68.9 Å². The smallest absolute Gasteiger partial charge is 0 e.